The molecule has 3 N–H and O–H groups in total. The summed E-state index contributed by atoms with van der Waals surface area (Å²) in [5.41, 5.74) is 5.19. The summed E-state index contributed by atoms with van der Waals surface area (Å²) in [5.74, 6) is -0.278. The van der Waals surface area contributed by atoms with Crippen LogP contribution in [0.3, 0.4) is 0 Å². The van der Waals surface area contributed by atoms with Crippen molar-refractivity contribution in [3.63, 3.8) is 0 Å². The zero-order valence-electron chi connectivity index (χ0n) is 35.7. The molecule has 0 saturated carbocycles. The van der Waals surface area contributed by atoms with Crippen molar-refractivity contribution in [2.75, 3.05) is 33.0 Å². The topological polar surface area (TPSA) is 99.9 Å². The van der Waals surface area contributed by atoms with Crippen LogP contribution in [0.5, 0.6) is 0 Å². The van der Waals surface area contributed by atoms with Gasteiger partial charge in [-0.05, 0) is 25.7 Å². The van der Waals surface area contributed by atoms with E-state index in [0.29, 0.717) is 26.2 Å². The van der Waals surface area contributed by atoms with E-state index < -0.39 is 6.09 Å². The average molecular weight is 753 g/mol. The highest BCUT2D eigenvalue weighted by molar-refractivity contribution is 5.73. The minimum absolute atomic E-state index is 0.200. The minimum atomic E-state index is -0.422. The van der Waals surface area contributed by atoms with E-state index >= 15 is 0 Å². The van der Waals surface area contributed by atoms with Gasteiger partial charge in [-0.2, -0.15) is 0 Å². The number of amides is 2. The Kier molecular flexibility index (Phi) is 43.9. The monoisotopic (exact) mass is 753 g/mol. The number of carbonyl (C=O) groups excluding carboxylic acids is 2. The molecule has 2 amide bonds. The van der Waals surface area contributed by atoms with E-state index in [1.165, 1.54) is 193 Å². The van der Waals surface area contributed by atoms with Crippen LogP contribution in [0.25, 0.3) is 0 Å². The van der Waals surface area contributed by atoms with Crippen LogP contribution < -0.4 is 11.1 Å². The molecule has 0 bridgehead atoms. The van der Waals surface area contributed by atoms with E-state index in [1.807, 2.05) is 0 Å². The van der Waals surface area contributed by atoms with Crippen LogP contribution in [-0.2, 0) is 19.0 Å². The Morgan fingerprint density at radius 2 is 0.811 bits per heavy atom. The smallest absolute Gasteiger partial charge is 0.407 e. The van der Waals surface area contributed by atoms with Crippen LogP contribution in [0.2, 0.25) is 0 Å². The summed E-state index contributed by atoms with van der Waals surface area (Å²) in [7, 11) is 0. The highest BCUT2D eigenvalue weighted by Crippen LogP contribution is 2.15. The van der Waals surface area contributed by atoms with Gasteiger partial charge in [0.1, 0.15) is 12.7 Å². The van der Waals surface area contributed by atoms with Crippen LogP contribution in [0.4, 0.5) is 4.79 Å². The van der Waals surface area contributed by atoms with E-state index in [0.717, 1.165) is 38.7 Å². The summed E-state index contributed by atoms with van der Waals surface area (Å²) in [6.45, 7) is 7.16. The third kappa shape index (κ3) is 44.9. The van der Waals surface area contributed by atoms with Crippen molar-refractivity contribution < 1.29 is 23.8 Å². The number of primary amides is 1. The lowest BCUT2D eigenvalue weighted by molar-refractivity contribution is -0.118. The van der Waals surface area contributed by atoms with Gasteiger partial charge in [-0.15, -0.1) is 0 Å². The first-order valence-corrected chi connectivity index (χ1v) is 23.5. The summed E-state index contributed by atoms with van der Waals surface area (Å²) >= 11 is 0. The highest BCUT2D eigenvalue weighted by atomic mass is 16.6. The minimum Gasteiger partial charge on any atom is -0.447 e. The van der Waals surface area contributed by atoms with E-state index in [4.69, 9.17) is 19.9 Å². The number of alkyl carbamates (subject to hydrolysis) is 1. The maximum absolute atomic E-state index is 12.3. The molecule has 1 unspecified atom stereocenters. The van der Waals surface area contributed by atoms with Crippen molar-refractivity contribution in [1.82, 2.24) is 5.32 Å². The van der Waals surface area contributed by atoms with Crippen molar-refractivity contribution in [2.24, 2.45) is 5.73 Å². The van der Waals surface area contributed by atoms with E-state index in [1.54, 1.807) is 0 Å². The third-order valence-corrected chi connectivity index (χ3v) is 10.6. The van der Waals surface area contributed by atoms with Gasteiger partial charge in [0.15, 0.2) is 0 Å². The lowest BCUT2D eigenvalue weighted by Crippen LogP contribution is -2.32. The molecular weight excluding hydrogens is 661 g/mol. The van der Waals surface area contributed by atoms with Crippen molar-refractivity contribution >= 4 is 12.0 Å². The van der Waals surface area contributed by atoms with Crippen LogP contribution >= 0.6 is 0 Å². The van der Waals surface area contributed by atoms with Gasteiger partial charge in [0.2, 0.25) is 5.91 Å². The summed E-state index contributed by atoms with van der Waals surface area (Å²) in [4.78, 5) is 23.1. The van der Waals surface area contributed by atoms with Crippen LogP contribution in [0.1, 0.15) is 245 Å². The molecule has 0 rings (SSSR count). The average Bonchev–Trinajstić information content (AvgIpc) is 3.15. The second-order valence-electron chi connectivity index (χ2n) is 16.0. The van der Waals surface area contributed by atoms with Crippen LogP contribution in [0, 0.1) is 0 Å². The fourth-order valence-corrected chi connectivity index (χ4v) is 7.02. The Bertz CT molecular complexity index is 737. The van der Waals surface area contributed by atoms with E-state index in [-0.39, 0.29) is 18.6 Å². The number of hydrogen-bond donors (Lipinski definition) is 2. The molecule has 316 valence electrons. The Hall–Kier alpha value is -1.34. The van der Waals surface area contributed by atoms with Gasteiger partial charge in [0, 0.05) is 26.2 Å². The molecule has 0 spiro atoms. The summed E-state index contributed by atoms with van der Waals surface area (Å²) in [5, 5.41) is 2.81. The molecule has 0 aliphatic carbocycles. The molecule has 7 nitrogen and oxygen atoms in total. The number of rotatable bonds is 45. The van der Waals surface area contributed by atoms with Gasteiger partial charge >= 0.3 is 6.09 Å². The second-order valence-corrected chi connectivity index (χ2v) is 16.0. The zero-order chi connectivity index (χ0) is 38.6. The molecule has 0 fully saturated rings. The van der Waals surface area contributed by atoms with Crippen molar-refractivity contribution in [1.29, 1.82) is 0 Å². The predicted octanol–water partition coefficient (Wildman–Crippen LogP) is 13.7. The Morgan fingerprint density at radius 3 is 1.21 bits per heavy atom. The van der Waals surface area contributed by atoms with E-state index in [2.05, 4.69) is 19.2 Å². The number of ether oxygens (including phenoxy) is 3. The third-order valence-electron chi connectivity index (χ3n) is 10.6. The normalized spacial score (nSPS) is 12.0. The lowest BCUT2D eigenvalue weighted by atomic mass is 10.0. The summed E-state index contributed by atoms with van der Waals surface area (Å²) < 4.78 is 17.6. The van der Waals surface area contributed by atoms with E-state index in [9.17, 15) is 9.59 Å². The maximum atomic E-state index is 12.3. The maximum Gasteiger partial charge on any atom is 0.407 e. The van der Waals surface area contributed by atoms with Crippen molar-refractivity contribution in [3.05, 3.63) is 0 Å². The molecular formula is C46H92N2O5. The zero-order valence-corrected chi connectivity index (χ0v) is 35.7. The molecule has 0 aromatic carbocycles. The van der Waals surface area contributed by atoms with Gasteiger partial charge in [-0.1, -0.05) is 213 Å². The molecule has 0 aromatic rings. The molecule has 0 aliphatic heterocycles. The highest BCUT2D eigenvalue weighted by Gasteiger charge is 2.13. The van der Waals surface area contributed by atoms with Crippen molar-refractivity contribution in [2.45, 2.75) is 251 Å². The first-order valence-electron chi connectivity index (χ1n) is 23.5. The van der Waals surface area contributed by atoms with Crippen LogP contribution in [0.15, 0.2) is 0 Å². The quantitative estimate of drug-likeness (QED) is 0.0603. The van der Waals surface area contributed by atoms with Gasteiger partial charge in [0.05, 0.1) is 6.61 Å². The Morgan fingerprint density at radius 1 is 0.453 bits per heavy atom. The summed E-state index contributed by atoms with van der Waals surface area (Å²) in [6.07, 6.45) is 45.5. The number of carbonyl (C=O) groups is 2. The number of unbranched alkanes of at least 4 members (excludes halogenated alkanes) is 32. The van der Waals surface area contributed by atoms with Gasteiger partial charge in [-0.25, -0.2) is 4.79 Å². The Labute approximate surface area is 330 Å². The fraction of sp³-hybridized carbons (Fsp3) is 0.957. The number of nitrogens with two attached hydrogens (primary N) is 1. The predicted molar refractivity (Wildman–Crippen MR) is 227 cm³/mol. The van der Waals surface area contributed by atoms with Gasteiger partial charge in [0.25, 0.3) is 0 Å². The largest absolute Gasteiger partial charge is 0.447 e. The second kappa shape index (κ2) is 45.1. The van der Waals surface area contributed by atoms with Crippen molar-refractivity contribution in [3.8, 4) is 0 Å². The SMILES string of the molecule is CCCCCCCCCCCCCCCCCCOCC(COC(=O)NCCCCCC(N)=O)OCCCCCCCCCCCCCCCCCC. The standard InChI is InChI=1S/C46H92N2O5/c1-3-5-7-9-11-13-15-17-19-21-23-25-27-29-31-36-40-51-42-44(43-53-46(50)48-39-35-33-34-38-45(47)49)52-41-37-32-30-28-26-24-22-20-18-16-14-12-10-8-6-4-2/h44H,3-43H2,1-2H3,(H2,47,49)(H,48,50). The fourth-order valence-electron chi connectivity index (χ4n) is 7.02. The van der Waals surface area contributed by atoms with Gasteiger partial charge < -0.3 is 25.3 Å². The first kappa shape index (κ1) is 51.7. The molecule has 0 aromatic heterocycles. The molecule has 0 heterocycles. The van der Waals surface area contributed by atoms with Crippen LogP contribution in [-0.4, -0.2) is 51.1 Å². The molecule has 7 heteroatoms. The molecule has 0 aliphatic rings. The Balaban J connectivity index is 3.98. The molecule has 0 radical (unpaired) electrons. The molecule has 53 heavy (non-hydrogen) atoms. The van der Waals surface area contributed by atoms with Gasteiger partial charge in [-0.3, -0.25) is 4.79 Å². The number of hydrogen-bond acceptors (Lipinski definition) is 5. The number of nitrogens with one attached hydrogen (secondary N) is 1. The first-order chi connectivity index (χ1) is 26.1. The molecule has 0 saturated heterocycles. The summed E-state index contributed by atoms with van der Waals surface area (Å²) in [6, 6.07) is 0. The molecule has 1 atom stereocenters. The lowest BCUT2D eigenvalue weighted by Gasteiger charge is -2.18.